The highest BCUT2D eigenvalue weighted by atomic mass is 35.5. The minimum Gasteiger partial charge on any atom is -0.494 e. The first-order valence-electron chi connectivity index (χ1n) is 10.5. The van der Waals surface area contributed by atoms with Crippen molar-refractivity contribution in [1.82, 2.24) is 9.88 Å². The van der Waals surface area contributed by atoms with Gasteiger partial charge in [-0.25, -0.2) is 4.98 Å². The zero-order chi connectivity index (χ0) is 21.6. The van der Waals surface area contributed by atoms with E-state index < -0.39 is 0 Å². The maximum absolute atomic E-state index is 13.4. The molecule has 0 unspecified atom stereocenters. The van der Waals surface area contributed by atoms with Gasteiger partial charge in [0.05, 0.1) is 36.5 Å². The maximum Gasteiger partial charge on any atom is 0.233 e. The van der Waals surface area contributed by atoms with E-state index in [0.29, 0.717) is 23.3 Å². The number of rotatable bonds is 8. The lowest BCUT2D eigenvalue weighted by Gasteiger charge is -2.29. The molecule has 3 aromatic rings. The van der Waals surface area contributed by atoms with Crippen molar-refractivity contribution in [3.05, 3.63) is 53.1 Å². The van der Waals surface area contributed by atoms with Gasteiger partial charge in [-0.2, -0.15) is 0 Å². The molecule has 0 bridgehead atoms. The average molecular weight is 460 g/mol. The van der Waals surface area contributed by atoms with Crippen molar-refractivity contribution in [3.8, 4) is 5.75 Å². The van der Waals surface area contributed by atoms with Crippen LogP contribution >= 0.6 is 22.9 Å². The summed E-state index contributed by atoms with van der Waals surface area (Å²) in [6.45, 7) is 7.14. The first-order chi connectivity index (χ1) is 15.1. The standard InChI is InChI=1S/C23H26ClN3O3S/c1-2-30-18-7-8-20-21(16-18)31-23(25-20)27(10-9-26-11-13-29-14-12-26)22(28)15-17-5-3-4-6-19(17)24/h3-8,16H,2,9-15H2,1H3. The van der Waals surface area contributed by atoms with Crippen LogP contribution in [-0.4, -0.2) is 61.8 Å². The SMILES string of the molecule is CCOc1ccc2nc(N(CCN3CCOCC3)C(=O)Cc3ccccc3Cl)sc2c1. The van der Waals surface area contributed by atoms with Crippen molar-refractivity contribution < 1.29 is 14.3 Å². The van der Waals surface area contributed by atoms with Gasteiger partial charge in [0.15, 0.2) is 5.13 Å². The molecule has 4 rings (SSSR count). The first kappa shape index (κ1) is 22.0. The molecule has 8 heteroatoms. The minimum atomic E-state index is -0.00885. The van der Waals surface area contributed by atoms with Crippen LogP contribution in [-0.2, 0) is 16.0 Å². The van der Waals surface area contributed by atoms with Gasteiger partial charge in [0.2, 0.25) is 5.91 Å². The van der Waals surface area contributed by atoms with Gasteiger partial charge in [0.1, 0.15) is 5.75 Å². The van der Waals surface area contributed by atoms with Gasteiger partial charge in [0, 0.05) is 31.2 Å². The highest BCUT2D eigenvalue weighted by Crippen LogP contribution is 2.32. The Morgan fingerprint density at radius 1 is 1.26 bits per heavy atom. The first-order valence-corrected chi connectivity index (χ1v) is 11.7. The monoisotopic (exact) mass is 459 g/mol. The maximum atomic E-state index is 13.4. The molecule has 0 radical (unpaired) electrons. The van der Waals surface area contributed by atoms with Crippen LogP contribution in [0.2, 0.25) is 5.02 Å². The lowest BCUT2D eigenvalue weighted by atomic mass is 10.1. The fraction of sp³-hybridized carbons (Fsp3) is 0.391. The number of carbonyl (C=O) groups excluding carboxylic acids is 1. The van der Waals surface area contributed by atoms with Crippen molar-refractivity contribution in [2.24, 2.45) is 0 Å². The number of nitrogens with zero attached hydrogens (tertiary/aromatic N) is 3. The minimum absolute atomic E-state index is 0.00885. The summed E-state index contributed by atoms with van der Waals surface area (Å²) in [5.41, 5.74) is 1.69. The Kier molecular flexibility index (Phi) is 7.40. The summed E-state index contributed by atoms with van der Waals surface area (Å²) in [6, 6.07) is 13.3. The van der Waals surface area contributed by atoms with Crippen LogP contribution in [0.1, 0.15) is 12.5 Å². The number of fused-ring (bicyclic) bond motifs is 1. The van der Waals surface area contributed by atoms with E-state index in [2.05, 4.69) is 4.90 Å². The molecule has 1 aliphatic rings. The van der Waals surface area contributed by atoms with Crippen LogP contribution in [0.25, 0.3) is 10.2 Å². The lowest BCUT2D eigenvalue weighted by molar-refractivity contribution is -0.118. The van der Waals surface area contributed by atoms with Crippen LogP contribution in [0.3, 0.4) is 0 Å². The highest BCUT2D eigenvalue weighted by Gasteiger charge is 2.22. The Labute approximate surface area is 191 Å². The van der Waals surface area contributed by atoms with E-state index in [0.717, 1.165) is 54.4 Å². The van der Waals surface area contributed by atoms with E-state index in [1.165, 1.54) is 11.3 Å². The number of thiazole rings is 1. The van der Waals surface area contributed by atoms with Crippen molar-refractivity contribution in [3.63, 3.8) is 0 Å². The zero-order valence-electron chi connectivity index (χ0n) is 17.6. The van der Waals surface area contributed by atoms with Crippen LogP contribution < -0.4 is 9.64 Å². The number of ether oxygens (including phenoxy) is 2. The van der Waals surface area contributed by atoms with E-state index in [9.17, 15) is 4.79 Å². The van der Waals surface area contributed by atoms with E-state index in [-0.39, 0.29) is 12.3 Å². The zero-order valence-corrected chi connectivity index (χ0v) is 19.1. The molecule has 1 saturated heterocycles. The Morgan fingerprint density at radius 3 is 2.84 bits per heavy atom. The molecular formula is C23H26ClN3O3S. The average Bonchev–Trinajstić information content (AvgIpc) is 3.19. The normalized spacial score (nSPS) is 14.6. The van der Waals surface area contributed by atoms with Gasteiger partial charge in [0.25, 0.3) is 0 Å². The smallest absolute Gasteiger partial charge is 0.233 e. The number of carbonyl (C=O) groups is 1. The summed E-state index contributed by atoms with van der Waals surface area (Å²) in [5, 5.41) is 1.31. The molecule has 0 saturated carbocycles. The number of aromatic nitrogens is 1. The van der Waals surface area contributed by atoms with Crippen LogP contribution in [0.15, 0.2) is 42.5 Å². The Bertz CT molecular complexity index is 1040. The summed E-state index contributed by atoms with van der Waals surface area (Å²) < 4.78 is 12.1. The van der Waals surface area contributed by atoms with E-state index in [1.54, 1.807) is 4.90 Å². The second-order valence-electron chi connectivity index (χ2n) is 7.33. The fourth-order valence-electron chi connectivity index (χ4n) is 3.56. The summed E-state index contributed by atoms with van der Waals surface area (Å²) in [6.07, 6.45) is 0.239. The highest BCUT2D eigenvalue weighted by molar-refractivity contribution is 7.22. The second kappa shape index (κ2) is 10.4. The summed E-state index contributed by atoms with van der Waals surface area (Å²) >= 11 is 7.82. The molecule has 1 aromatic heterocycles. The fourth-order valence-corrected chi connectivity index (χ4v) is 4.80. The molecule has 1 amide bonds. The third-order valence-electron chi connectivity index (χ3n) is 5.23. The summed E-state index contributed by atoms with van der Waals surface area (Å²) in [4.78, 5) is 22.2. The van der Waals surface area contributed by atoms with Gasteiger partial charge >= 0.3 is 0 Å². The Morgan fingerprint density at radius 2 is 2.06 bits per heavy atom. The predicted molar refractivity (Wildman–Crippen MR) is 126 cm³/mol. The van der Waals surface area contributed by atoms with Crippen molar-refractivity contribution in [2.45, 2.75) is 13.3 Å². The second-order valence-corrected chi connectivity index (χ2v) is 8.74. The van der Waals surface area contributed by atoms with Crippen molar-refractivity contribution in [1.29, 1.82) is 0 Å². The molecule has 6 nitrogen and oxygen atoms in total. The molecule has 2 aromatic carbocycles. The van der Waals surface area contributed by atoms with Crippen LogP contribution in [0.5, 0.6) is 5.75 Å². The van der Waals surface area contributed by atoms with Crippen molar-refractivity contribution >= 4 is 44.2 Å². The Hall–Kier alpha value is -2.19. The molecule has 1 aliphatic heterocycles. The quantitative estimate of drug-likeness (QED) is 0.504. The number of morpholine rings is 1. The van der Waals surface area contributed by atoms with Crippen molar-refractivity contribution in [2.75, 3.05) is 50.9 Å². The lowest BCUT2D eigenvalue weighted by Crippen LogP contribution is -2.43. The summed E-state index contributed by atoms with van der Waals surface area (Å²) in [7, 11) is 0. The number of benzene rings is 2. The molecule has 0 aliphatic carbocycles. The molecule has 0 N–H and O–H groups in total. The summed E-state index contributed by atoms with van der Waals surface area (Å²) in [5.74, 6) is 0.804. The van der Waals surface area contributed by atoms with E-state index >= 15 is 0 Å². The van der Waals surface area contributed by atoms with Gasteiger partial charge in [-0.15, -0.1) is 0 Å². The molecule has 1 fully saturated rings. The number of hydrogen-bond acceptors (Lipinski definition) is 6. The Balaban J connectivity index is 1.58. The number of anilines is 1. The molecule has 2 heterocycles. The molecular weight excluding hydrogens is 434 g/mol. The predicted octanol–water partition coefficient (Wildman–Crippen LogP) is 4.26. The third kappa shape index (κ3) is 5.54. The van der Waals surface area contributed by atoms with Crippen LogP contribution in [0.4, 0.5) is 5.13 Å². The largest absolute Gasteiger partial charge is 0.494 e. The molecule has 164 valence electrons. The van der Waals surface area contributed by atoms with Gasteiger partial charge in [-0.05, 0) is 36.8 Å². The topological polar surface area (TPSA) is 54.9 Å². The number of amides is 1. The van der Waals surface area contributed by atoms with Gasteiger partial charge < -0.3 is 9.47 Å². The van der Waals surface area contributed by atoms with Gasteiger partial charge in [-0.3, -0.25) is 14.6 Å². The molecule has 31 heavy (non-hydrogen) atoms. The van der Waals surface area contributed by atoms with Gasteiger partial charge in [-0.1, -0.05) is 41.1 Å². The third-order valence-corrected chi connectivity index (χ3v) is 6.64. The van der Waals surface area contributed by atoms with E-state index in [1.807, 2.05) is 49.4 Å². The number of hydrogen-bond donors (Lipinski definition) is 0. The van der Waals surface area contributed by atoms with E-state index in [4.69, 9.17) is 26.1 Å². The molecule has 0 spiro atoms. The number of halogens is 1. The van der Waals surface area contributed by atoms with Crippen LogP contribution in [0, 0.1) is 0 Å². The molecule has 0 atom stereocenters.